The van der Waals surface area contributed by atoms with Gasteiger partial charge in [-0.3, -0.25) is 0 Å². The lowest BCUT2D eigenvalue weighted by molar-refractivity contribution is 0.334. The van der Waals surface area contributed by atoms with E-state index in [0.717, 1.165) is 24.2 Å². The molecule has 1 unspecified atom stereocenters. The Balaban J connectivity index is 3.01. The third-order valence-electron chi connectivity index (χ3n) is 2.93. The summed E-state index contributed by atoms with van der Waals surface area (Å²) in [5.41, 5.74) is 8.97. The Morgan fingerprint density at radius 2 is 1.94 bits per heavy atom. The summed E-state index contributed by atoms with van der Waals surface area (Å²) in [6.07, 6.45) is 1.98. The zero-order valence-electron chi connectivity index (χ0n) is 11.7. The van der Waals surface area contributed by atoms with Crippen LogP contribution in [0.3, 0.4) is 0 Å². The molecule has 2 nitrogen and oxygen atoms in total. The molecule has 0 saturated carbocycles. The van der Waals surface area contributed by atoms with Gasteiger partial charge in [0, 0.05) is 11.6 Å². The van der Waals surface area contributed by atoms with Gasteiger partial charge in [0.2, 0.25) is 0 Å². The van der Waals surface area contributed by atoms with Crippen LogP contribution in [0.2, 0.25) is 0 Å². The molecule has 0 amide bonds. The maximum Gasteiger partial charge on any atom is 0.123 e. The first-order valence-corrected chi connectivity index (χ1v) is 6.29. The average molecular weight is 235 g/mol. The molecule has 0 aliphatic rings. The van der Waals surface area contributed by atoms with Gasteiger partial charge < -0.3 is 10.5 Å². The molecule has 0 fully saturated rings. The van der Waals surface area contributed by atoms with Crippen molar-refractivity contribution in [1.29, 1.82) is 0 Å². The standard InChI is InChI=1S/C15H25NO/c1-6-11-7-8-14(17-5)12(9-11)13(16)10-15(2,3)4/h7-9,13H,6,10,16H2,1-5H3. The van der Waals surface area contributed by atoms with Gasteiger partial charge in [0.25, 0.3) is 0 Å². The van der Waals surface area contributed by atoms with Gasteiger partial charge >= 0.3 is 0 Å². The van der Waals surface area contributed by atoms with E-state index in [2.05, 4.69) is 39.8 Å². The number of hydrogen-bond acceptors (Lipinski definition) is 2. The Labute approximate surface area is 105 Å². The summed E-state index contributed by atoms with van der Waals surface area (Å²) in [4.78, 5) is 0. The molecule has 0 saturated heterocycles. The minimum Gasteiger partial charge on any atom is -0.496 e. The second-order valence-electron chi connectivity index (χ2n) is 5.80. The molecule has 0 bridgehead atoms. The second-order valence-corrected chi connectivity index (χ2v) is 5.80. The minimum absolute atomic E-state index is 0.0384. The molecule has 0 aliphatic heterocycles. The first-order valence-electron chi connectivity index (χ1n) is 6.29. The van der Waals surface area contributed by atoms with E-state index in [1.807, 2.05) is 6.07 Å². The van der Waals surface area contributed by atoms with Gasteiger partial charge in [-0.15, -0.1) is 0 Å². The van der Waals surface area contributed by atoms with Gasteiger partial charge in [-0.2, -0.15) is 0 Å². The molecule has 2 N–H and O–H groups in total. The normalized spacial score (nSPS) is 13.5. The van der Waals surface area contributed by atoms with Gasteiger partial charge in [-0.25, -0.2) is 0 Å². The third-order valence-corrected chi connectivity index (χ3v) is 2.93. The van der Waals surface area contributed by atoms with Crippen molar-refractivity contribution in [2.75, 3.05) is 7.11 Å². The number of ether oxygens (including phenoxy) is 1. The van der Waals surface area contributed by atoms with Gasteiger partial charge in [-0.1, -0.05) is 39.8 Å². The maximum absolute atomic E-state index is 6.30. The summed E-state index contributed by atoms with van der Waals surface area (Å²) < 4.78 is 5.40. The molecule has 1 aromatic rings. The average Bonchev–Trinajstić information content (AvgIpc) is 2.25. The van der Waals surface area contributed by atoms with Crippen LogP contribution in [0.5, 0.6) is 5.75 Å². The van der Waals surface area contributed by atoms with E-state index in [1.165, 1.54) is 5.56 Å². The molecule has 0 radical (unpaired) electrons. The van der Waals surface area contributed by atoms with E-state index in [-0.39, 0.29) is 11.5 Å². The number of nitrogens with two attached hydrogens (primary N) is 1. The Hall–Kier alpha value is -1.02. The van der Waals surface area contributed by atoms with Crippen LogP contribution in [0, 0.1) is 5.41 Å². The summed E-state index contributed by atoms with van der Waals surface area (Å²) in [5, 5.41) is 0. The lowest BCUT2D eigenvalue weighted by Crippen LogP contribution is -2.19. The Bertz CT molecular complexity index is 366. The highest BCUT2D eigenvalue weighted by atomic mass is 16.5. The second kappa shape index (κ2) is 5.54. The summed E-state index contributed by atoms with van der Waals surface area (Å²) >= 11 is 0. The van der Waals surface area contributed by atoms with E-state index >= 15 is 0 Å². The SMILES string of the molecule is CCc1ccc(OC)c(C(N)CC(C)(C)C)c1. The Kier molecular flexibility index (Phi) is 4.58. The zero-order chi connectivity index (χ0) is 13.1. The van der Waals surface area contributed by atoms with Crippen molar-refractivity contribution in [2.24, 2.45) is 11.1 Å². The first kappa shape index (κ1) is 14.0. The predicted octanol–water partition coefficient (Wildman–Crippen LogP) is 3.69. The van der Waals surface area contributed by atoms with Crippen molar-refractivity contribution in [1.82, 2.24) is 0 Å². The topological polar surface area (TPSA) is 35.2 Å². The summed E-state index contributed by atoms with van der Waals surface area (Å²) in [6, 6.07) is 6.34. The highest BCUT2D eigenvalue weighted by Crippen LogP contribution is 2.33. The summed E-state index contributed by atoms with van der Waals surface area (Å²) in [5.74, 6) is 0.902. The fraction of sp³-hybridized carbons (Fsp3) is 0.600. The van der Waals surface area contributed by atoms with Crippen molar-refractivity contribution in [3.63, 3.8) is 0 Å². The number of methoxy groups -OCH3 is 1. The van der Waals surface area contributed by atoms with Crippen LogP contribution in [0.4, 0.5) is 0 Å². The molecule has 0 heterocycles. The van der Waals surface area contributed by atoms with Gasteiger partial charge in [0.1, 0.15) is 5.75 Å². The predicted molar refractivity (Wildman–Crippen MR) is 73.4 cm³/mol. The summed E-state index contributed by atoms with van der Waals surface area (Å²) in [6.45, 7) is 8.79. The molecule has 0 aliphatic carbocycles. The Morgan fingerprint density at radius 1 is 1.29 bits per heavy atom. The van der Waals surface area contributed by atoms with Crippen LogP contribution in [0.1, 0.15) is 51.3 Å². The first-order chi connectivity index (χ1) is 7.87. The van der Waals surface area contributed by atoms with Crippen LogP contribution in [-0.4, -0.2) is 7.11 Å². The van der Waals surface area contributed by atoms with Crippen LogP contribution in [-0.2, 0) is 6.42 Å². The van der Waals surface area contributed by atoms with Crippen LogP contribution < -0.4 is 10.5 Å². The molecule has 96 valence electrons. The molecular formula is C15H25NO. The molecule has 1 aromatic carbocycles. The van der Waals surface area contributed by atoms with E-state index in [9.17, 15) is 0 Å². The van der Waals surface area contributed by atoms with Crippen molar-refractivity contribution in [3.05, 3.63) is 29.3 Å². The van der Waals surface area contributed by atoms with Crippen LogP contribution in [0.15, 0.2) is 18.2 Å². The zero-order valence-corrected chi connectivity index (χ0v) is 11.7. The van der Waals surface area contributed by atoms with Crippen molar-refractivity contribution in [3.8, 4) is 5.75 Å². The van der Waals surface area contributed by atoms with Crippen LogP contribution >= 0.6 is 0 Å². The number of aryl methyl sites for hydroxylation is 1. The smallest absolute Gasteiger partial charge is 0.123 e. The quantitative estimate of drug-likeness (QED) is 0.863. The number of hydrogen-bond donors (Lipinski definition) is 1. The van der Waals surface area contributed by atoms with Crippen molar-refractivity contribution < 1.29 is 4.74 Å². The Morgan fingerprint density at radius 3 is 2.41 bits per heavy atom. The fourth-order valence-electron chi connectivity index (χ4n) is 2.06. The molecule has 2 heteroatoms. The third kappa shape index (κ3) is 4.04. The lowest BCUT2D eigenvalue weighted by Gasteiger charge is -2.25. The summed E-state index contributed by atoms with van der Waals surface area (Å²) in [7, 11) is 1.70. The van der Waals surface area contributed by atoms with Gasteiger partial charge in [0.05, 0.1) is 7.11 Å². The van der Waals surface area contributed by atoms with Gasteiger partial charge in [0.15, 0.2) is 0 Å². The minimum atomic E-state index is 0.0384. The number of benzene rings is 1. The van der Waals surface area contributed by atoms with Gasteiger partial charge in [-0.05, 0) is 29.9 Å². The molecular weight excluding hydrogens is 210 g/mol. The molecule has 1 rings (SSSR count). The van der Waals surface area contributed by atoms with E-state index in [0.29, 0.717) is 0 Å². The maximum atomic E-state index is 6.30. The van der Waals surface area contributed by atoms with E-state index in [1.54, 1.807) is 7.11 Å². The molecule has 0 aromatic heterocycles. The number of rotatable bonds is 4. The van der Waals surface area contributed by atoms with Crippen molar-refractivity contribution >= 4 is 0 Å². The monoisotopic (exact) mass is 235 g/mol. The molecule has 1 atom stereocenters. The highest BCUT2D eigenvalue weighted by molar-refractivity contribution is 5.39. The lowest BCUT2D eigenvalue weighted by atomic mass is 9.85. The fourth-order valence-corrected chi connectivity index (χ4v) is 2.06. The van der Waals surface area contributed by atoms with Crippen molar-refractivity contribution in [2.45, 2.75) is 46.6 Å². The largest absolute Gasteiger partial charge is 0.496 e. The molecule has 0 spiro atoms. The van der Waals surface area contributed by atoms with Crippen LogP contribution in [0.25, 0.3) is 0 Å². The molecule has 17 heavy (non-hydrogen) atoms. The highest BCUT2D eigenvalue weighted by Gasteiger charge is 2.19. The van der Waals surface area contributed by atoms with E-state index < -0.39 is 0 Å². The van der Waals surface area contributed by atoms with E-state index in [4.69, 9.17) is 10.5 Å².